The molecule has 1 fully saturated rings. The molecule has 4 nitrogen and oxygen atoms in total. The molecule has 3 rings (SSSR count). The zero-order valence-corrected chi connectivity index (χ0v) is 11.0. The largest absolute Gasteiger partial charge is 0.422 e. The lowest BCUT2D eigenvalue weighted by molar-refractivity contribution is 0.312. The lowest BCUT2D eigenvalue weighted by Crippen LogP contribution is -2.30. The van der Waals surface area contributed by atoms with E-state index in [1.807, 2.05) is 19.1 Å². The van der Waals surface area contributed by atoms with Crippen molar-refractivity contribution < 1.29 is 4.42 Å². The van der Waals surface area contributed by atoms with E-state index in [2.05, 4.69) is 0 Å². The van der Waals surface area contributed by atoms with Crippen LogP contribution in [0.15, 0.2) is 32.2 Å². The quantitative estimate of drug-likeness (QED) is 0.791. The van der Waals surface area contributed by atoms with Crippen LogP contribution >= 0.6 is 0 Å². The SMILES string of the molecule is Cc1cccc2c(=O)oc(=O)n(C3CCCCC3)c12. The first kappa shape index (κ1) is 12.2. The predicted octanol–water partition coefficient (Wildman–Crippen LogP) is 2.77. The normalized spacial score (nSPS) is 16.9. The average Bonchev–Trinajstić information content (AvgIpc) is 2.41. The molecular formula is C15H17NO3. The summed E-state index contributed by atoms with van der Waals surface area (Å²) in [4.78, 5) is 23.9. The fraction of sp³-hybridized carbons (Fsp3) is 0.467. The number of hydrogen-bond donors (Lipinski definition) is 0. The molecule has 0 unspecified atom stereocenters. The van der Waals surface area contributed by atoms with Crippen molar-refractivity contribution in [3.63, 3.8) is 0 Å². The van der Waals surface area contributed by atoms with Gasteiger partial charge in [-0.25, -0.2) is 9.59 Å². The van der Waals surface area contributed by atoms with Gasteiger partial charge >= 0.3 is 11.4 Å². The van der Waals surface area contributed by atoms with E-state index >= 15 is 0 Å². The van der Waals surface area contributed by atoms with Crippen LogP contribution in [0.3, 0.4) is 0 Å². The highest BCUT2D eigenvalue weighted by atomic mass is 16.4. The fourth-order valence-corrected chi connectivity index (χ4v) is 3.09. The first-order valence-corrected chi connectivity index (χ1v) is 6.83. The molecule has 0 radical (unpaired) electrons. The van der Waals surface area contributed by atoms with Crippen LogP contribution in [0.2, 0.25) is 0 Å². The van der Waals surface area contributed by atoms with Gasteiger partial charge in [-0.1, -0.05) is 31.4 Å². The van der Waals surface area contributed by atoms with Crippen molar-refractivity contribution in [3.05, 3.63) is 44.7 Å². The van der Waals surface area contributed by atoms with E-state index in [1.54, 1.807) is 10.6 Å². The van der Waals surface area contributed by atoms with Crippen LogP contribution < -0.4 is 11.4 Å². The molecule has 19 heavy (non-hydrogen) atoms. The Kier molecular flexibility index (Phi) is 3.01. The van der Waals surface area contributed by atoms with E-state index in [4.69, 9.17) is 4.42 Å². The van der Waals surface area contributed by atoms with E-state index < -0.39 is 11.4 Å². The molecule has 1 saturated carbocycles. The maximum absolute atomic E-state index is 12.1. The third-order valence-corrected chi connectivity index (χ3v) is 4.02. The zero-order valence-electron chi connectivity index (χ0n) is 11.0. The van der Waals surface area contributed by atoms with Crippen molar-refractivity contribution in [2.75, 3.05) is 0 Å². The molecular weight excluding hydrogens is 242 g/mol. The van der Waals surface area contributed by atoms with E-state index in [0.29, 0.717) is 5.39 Å². The molecule has 100 valence electrons. The highest BCUT2D eigenvalue weighted by molar-refractivity contribution is 5.80. The molecule has 1 aliphatic carbocycles. The van der Waals surface area contributed by atoms with Crippen molar-refractivity contribution in [2.45, 2.75) is 45.1 Å². The molecule has 0 spiro atoms. The minimum atomic E-state index is -0.532. The fourth-order valence-electron chi connectivity index (χ4n) is 3.09. The summed E-state index contributed by atoms with van der Waals surface area (Å²) >= 11 is 0. The van der Waals surface area contributed by atoms with Gasteiger partial charge in [-0.15, -0.1) is 0 Å². The Bertz CT molecular complexity index is 720. The Morgan fingerprint density at radius 1 is 1.16 bits per heavy atom. The predicted molar refractivity (Wildman–Crippen MR) is 73.6 cm³/mol. The summed E-state index contributed by atoms with van der Waals surface area (Å²) in [7, 11) is 0. The van der Waals surface area contributed by atoms with Crippen LogP contribution in [0, 0.1) is 6.92 Å². The molecule has 1 aromatic heterocycles. The minimum absolute atomic E-state index is 0.161. The summed E-state index contributed by atoms with van der Waals surface area (Å²) in [5.74, 6) is -0.515. The number of aryl methyl sites for hydroxylation is 1. The number of benzene rings is 1. The second kappa shape index (κ2) is 4.68. The van der Waals surface area contributed by atoms with Crippen molar-refractivity contribution in [2.24, 2.45) is 0 Å². The lowest BCUT2D eigenvalue weighted by atomic mass is 9.95. The van der Waals surface area contributed by atoms with Gasteiger partial charge in [0, 0.05) is 6.04 Å². The summed E-state index contributed by atoms with van der Waals surface area (Å²) in [6, 6.07) is 5.65. The van der Waals surface area contributed by atoms with E-state index in [1.165, 1.54) is 6.42 Å². The minimum Gasteiger partial charge on any atom is -0.372 e. The Hall–Kier alpha value is -1.84. The topological polar surface area (TPSA) is 52.2 Å². The second-order valence-electron chi connectivity index (χ2n) is 5.29. The van der Waals surface area contributed by atoms with Gasteiger partial charge in [0.25, 0.3) is 0 Å². The van der Waals surface area contributed by atoms with Crippen LogP contribution in [-0.2, 0) is 0 Å². The van der Waals surface area contributed by atoms with Gasteiger partial charge in [-0.05, 0) is 31.4 Å². The van der Waals surface area contributed by atoms with Crippen LogP contribution in [0.5, 0.6) is 0 Å². The molecule has 1 heterocycles. The van der Waals surface area contributed by atoms with Gasteiger partial charge in [0.1, 0.15) is 0 Å². The molecule has 4 heteroatoms. The van der Waals surface area contributed by atoms with E-state index in [0.717, 1.165) is 36.8 Å². The third kappa shape index (κ3) is 2.01. The van der Waals surface area contributed by atoms with Gasteiger partial charge in [0.2, 0.25) is 0 Å². The number of nitrogens with zero attached hydrogens (tertiary/aromatic N) is 1. The molecule has 1 aromatic carbocycles. The van der Waals surface area contributed by atoms with Crippen LogP contribution in [-0.4, -0.2) is 4.57 Å². The van der Waals surface area contributed by atoms with Gasteiger partial charge in [0.05, 0.1) is 10.9 Å². The third-order valence-electron chi connectivity index (χ3n) is 4.02. The Balaban J connectivity index is 2.34. The van der Waals surface area contributed by atoms with Gasteiger partial charge in [0.15, 0.2) is 0 Å². The lowest BCUT2D eigenvalue weighted by Gasteiger charge is -2.24. The Morgan fingerprint density at radius 3 is 2.63 bits per heavy atom. The summed E-state index contributed by atoms with van der Waals surface area (Å²) in [5.41, 5.74) is 1.17. The van der Waals surface area contributed by atoms with Crippen molar-refractivity contribution in [1.82, 2.24) is 4.57 Å². The van der Waals surface area contributed by atoms with Crippen molar-refractivity contribution in [3.8, 4) is 0 Å². The highest BCUT2D eigenvalue weighted by Gasteiger charge is 2.21. The maximum Gasteiger partial charge on any atom is 0.422 e. The van der Waals surface area contributed by atoms with E-state index in [-0.39, 0.29) is 6.04 Å². The number of hydrogen-bond acceptors (Lipinski definition) is 3. The van der Waals surface area contributed by atoms with E-state index in [9.17, 15) is 9.59 Å². The Labute approximate surface area is 110 Å². The van der Waals surface area contributed by atoms with Crippen molar-refractivity contribution >= 4 is 10.9 Å². The summed E-state index contributed by atoms with van der Waals surface area (Å²) in [5, 5.41) is 0.505. The molecule has 2 aromatic rings. The highest BCUT2D eigenvalue weighted by Crippen LogP contribution is 2.29. The molecule has 0 N–H and O–H groups in total. The average molecular weight is 259 g/mol. The zero-order chi connectivity index (χ0) is 13.4. The van der Waals surface area contributed by atoms with Gasteiger partial charge in [-0.2, -0.15) is 0 Å². The number of para-hydroxylation sites is 1. The smallest absolute Gasteiger partial charge is 0.372 e. The first-order chi connectivity index (χ1) is 9.18. The molecule has 0 bridgehead atoms. The molecule has 0 amide bonds. The first-order valence-electron chi connectivity index (χ1n) is 6.83. The number of aromatic nitrogens is 1. The monoisotopic (exact) mass is 259 g/mol. The van der Waals surface area contributed by atoms with Gasteiger partial charge in [-0.3, -0.25) is 4.57 Å². The molecule has 0 aliphatic heterocycles. The van der Waals surface area contributed by atoms with Crippen LogP contribution in [0.4, 0.5) is 0 Å². The van der Waals surface area contributed by atoms with Crippen LogP contribution in [0.1, 0.15) is 43.7 Å². The van der Waals surface area contributed by atoms with Gasteiger partial charge < -0.3 is 4.42 Å². The second-order valence-corrected chi connectivity index (χ2v) is 5.29. The number of fused-ring (bicyclic) bond motifs is 1. The summed E-state index contributed by atoms with van der Waals surface area (Å²) in [6.45, 7) is 1.93. The van der Waals surface area contributed by atoms with Crippen LogP contribution in [0.25, 0.3) is 10.9 Å². The van der Waals surface area contributed by atoms with Crippen molar-refractivity contribution in [1.29, 1.82) is 0 Å². The number of rotatable bonds is 1. The summed E-state index contributed by atoms with van der Waals surface area (Å²) < 4.78 is 6.58. The molecule has 0 atom stereocenters. The Morgan fingerprint density at radius 2 is 1.89 bits per heavy atom. The molecule has 1 aliphatic rings. The molecule has 0 saturated heterocycles. The standard InChI is InChI=1S/C15H17NO3/c1-10-6-5-9-12-13(10)16(15(18)19-14(12)17)11-7-3-2-4-8-11/h5-6,9,11H,2-4,7-8H2,1H3. The summed E-state index contributed by atoms with van der Waals surface area (Å²) in [6.07, 6.45) is 5.44. The maximum atomic E-state index is 12.1.